The van der Waals surface area contributed by atoms with Crippen molar-refractivity contribution in [2.24, 2.45) is 4.99 Å². The predicted octanol–water partition coefficient (Wildman–Crippen LogP) is 4.06. The maximum Gasteiger partial charge on any atom is 0.132 e. The van der Waals surface area contributed by atoms with Gasteiger partial charge in [0, 0.05) is 13.1 Å². The maximum absolute atomic E-state index is 5.46. The number of aliphatic imine (C=N–C) groups is 1. The number of hydrogen-bond acceptors (Lipinski definition) is 3. The van der Waals surface area contributed by atoms with Crippen LogP contribution in [0.15, 0.2) is 23.2 Å². The third kappa shape index (κ3) is 6.56. The van der Waals surface area contributed by atoms with E-state index < -0.39 is 0 Å². The minimum absolute atomic E-state index is 0. The lowest BCUT2D eigenvalue weighted by molar-refractivity contribution is 0.402. The third-order valence-electron chi connectivity index (χ3n) is 3.27. The summed E-state index contributed by atoms with van der Waals surface area (Å²) in [5, 5.41) is 3.44. The van der Waals surface area contributed by atoms with Gasteiger partial charge in [-0.2, -0.15) is 0 Å². The Hall–Kier alpha value is -1.42. The fraction of sp³-hybridized carbons (Fsp3) is 0.588. The lowest BCUT2D eigenvalue weighted by Crippen LogP contribution is -2.26. The van der Waals surface area contributed by atoms with Gasteiger partial charge in [0.25, 0.3) is 0 Å². The van der Waals surface area contributed by atoms with Gasteiger partial charge in [0.15, 0.2) is 0 Å². The van der Waals surface area contributed by atoms with Crippen molar-refractivity contribution in [3.05, 3.63) is 23.8 Å². The van der Waals surface area contributed by atoms with Crippen molar-refractivity contribution < 1.29 is 9.47 Å². The Balaban J connectivity index is 0.00000441. The fourth-order valence-electron chi connectivity index (χ4n) is 1.97. The molecule has 0 amide bonds. The van der Waals surface area contributed by atoms with Crippen LogP contribution in [-0.4, -0.2) is 33.1 Å². The highest BCUT2D eigenvalue weighted by molar-refractivity contribution is 6.01. The molecule has 0 saturated carbocycles. The van der Waals surface area contributed by atoms with Gasteiger partial charge in [0.1, 0.15) is 17.3 Å². The predicted molar refractivity (Wildman–Crippen MR) is 96.0 cm³/mol. The Morgan fingerprint density at radius 2 is 1.82 bits per heavy atom. The normalized spacial score (nSPS) is 10.8. The highest BCUT2D eigenvalue weighted by atomic mass is 35.5. The number of hydrogen-bond donors (Lipinski definition) is 1. The molecule has 0 saturated heterocycles. The number of nitrogens with one attached hydrogen (secondary N) is 1. The van der Waals surface area contributed by atoms with Crippen LogP contribution in [0.4, 0.5) is 0 Å². The summed E-state index contributed by atoms with van der Waals surface area (Å²) in [6.45, 7) is 6.10. The molecule has 1 N–H and O–H groups in total. The van der Waals surface area contributed by atoms with Crippen LogP contribution in [-0.2, 0) is 0 Å². The lowest BCUT2D eigenvalue weighted by Gasteiger charge is -2.14. The van der Waals surface area contributed by atoms with E-state index >= 15 is 0 Å². The molecular weight excluding hydrogens is 300 g/mol. The highest BCUT2D eigenvalue weighted by Crippen LogP contribution is 2.24. The first-order chi connectivity index (χ1) is 10.3. The number of nitrogens with zero attached hydrogens (tertiary/aromatic N) is 1. The molecule has 0 fully saturated rings. The Morgan fingerprint density at radius 1 is 1.09 bits per heavy atom. The fourth-order valence-corrected chi connectivity index (χ4v) is 1.97. The molecule has 0 heterocycles. The molecule has 22 heavy (non-hydrogen) atoms. The van der Waals surface area contributed by atoms with Crippen molar-refractivity contribution in [2.45, 2.75) is 39.5 Å². The molecule has 1 aromatic rings. The second kappa shape index (κ2) is 12.2. The van der Waals surface area contributed by atoms with E-state index in [1.807, 2.05) is 18.2 Å². The van der Waals surface area contributed by atoms with E-state index in [9.17, 15) is 0 Å². The molecule has 5 heteroatoms. The van der Waals surface area contributed by atoms with Gasteiger partial charge in [-0.1, -0.05) is 26.7 Å². The Bertz CT molecular complexity index is 450. The van der Waals surface area contributed by atoms with E-state index in [-0.39, 0.29) is 12.4 Å². The molecule has 4 nitrogen and oxygen atoms in total. The van der Waals surface area contributed by atoms with Gasteiger partial charge >= 0.3 is 0 Å². The molecule has 0 aliphatic carbocycles. The van der Waals surface area contributed by atoms with Crippen LogP contribution in [0, 0.1) is 0 Å². The topological polar surface area (TPSA) is 42.9 Å². The molecule has 0 aliphatic rings. The van der Waals surface area contributed by atoms with Gasteiger partial charge in [-0.25, -0.2) is 0 Å². The molecule has 0 spiro atoms. The van der Waals surface area contributed by atoms with Crippen LogP contribution in [0.2, 0.25) is 0 Å². The lowest BCUT2D eigenvalue weighted by atomic mass is 10.1. The number of unbranched alkanes of at least 4 members (excludes halogenated alkanes) is 2. The molecule has 0 aromatic heterocycles. The van der Waals surface area contributed by atoms with Crippen molar-refractivity contribution in [1.82, 2.24) is 5.32 Å². The molecular formula is C17H29ClN2O2. The first kappa shape index (κ1) is 20.6. The van der Waals surface area contributed by atoms with Crippen molar-refractivity contribution in [3.63, 3.8) is 0 Å². The van der Waals surface area contributed by atoms with E-state index in [4.69, 9.17) is 14.5 Å². The highest BCUT2D eigenvalue weighted by Gasteiger charge is 2.11. The molecule has 0 unspecified atom stereocenters. The molecule has 0 radical (unpaired) electrons. The van der Waals surface area contributed by atoms with Crippen LogP contribution in [0.3, 0.4) is 0 Å². The standard InChI is InChI=1S/C17H28N2O2.ClH/c1-5-7-11-18-17(19-12-8-6-2)15-13-14(20-3)9-10-16(15)21-4;/h9-10,13H,5-8,11-12H2,1-4H3,(H,18,19);1H. The van der Waals surface area contributed by atoms with Crippen molar-refractivity contribution in [1.29, 1.82) is 0 Å². The van der Waals surface area contributed by atoms with E-state index in [1.54, 1.807) is 14.2 Å². The smallest absolute Gasteiger partial charge is 0.132 e. The number of methoxy groups -OCH3 is 2. The second-order valence-corrected chi connectivity index (χ2v) is 4.93. The summed E-state index contributed by atoms with van der Waals surface area (Å²) in [6.07, 6.45) is 4.51. The Labute approximate surface area is 140 Å². The van der Waals surface area contributed by atoms with Gasteiger partial charge in [-0.3, -0.25) is 4.99 Å². The van der Waals surface area contributed by atoms with Crippen LogP contribution >= 0.6 is 12.4 Å². The number of amidine groups is 1. The van der Waals surface area contributed by atoms with Gasteiger partial charge in [-0.05, 0) is 31.0 Å². The summed E-state index contributed by atoms with van der Waals surface area (Å²) in [5.74, 6) is 2.52. The van der Waals surface area contributed by atoms with Crippen LogP contribution in [0.25, 0.3) is 0 Å². The van der Waals surface area contributed by atoms with Crippen LogP contribution < -0.4 is 14.8 Å². The van der Waals surface area contributed by atoms with Gasteiger partial charge in [0.05, 0.1) is 19.8 Å². The molecule has 1 aromatic carbocycles. The van der Waals surface area contributed by atoms with Crippen molar-refractivity contribution in [2.75, 3.05) is 27.3 Å². The van der Waals surface area contributed by atoms with Gasteiger partial charge in [-0.15, -0.1) is 12.4 Å². The number of ether oxygens (including phenoxy) is 2. The number of benzene rings is 1. The minimum atomic E-state index is 0. The zero-order valence-electron chi connectivity index (χ0n) is 14.1. The zero-order valence-corrected chi connectivity index (χ0v) is 15.0. The Kier molecular flexibility index (Phi) is 11.4. The molecule has 1 rings (SSSR count). The van der Waals surface area contributed by atoms with E-state index in [0.29, 0.717) is 0 Å². The van der Waals surface area contributed by atoms with E-state index in [2.05, 4.69) is 19.2 Å². The summed E-state index contributed by atoms with van der Waals surface area (Å²) in [5.41, 5.74) is 0.962. The second-order valence-electron chi connectivity index (χ2n) is 4.93. The third-order valence-corrected chi connectivity index (χ3v) is 3.27. The first-order valence-electron chi connectivity index (χ1n) is 7.77. The first-order valence-corrected chi connectivity index (χ1v) is 7.77. The Morgan fingerprint density at radius 3 is 2.41 bits per heavy atom. The summed E-state index contributed by atoms with van der Waals surface area (Å²) in [4.78, 5) is 4.71. The summed E-state index contributed by atoms with van der Waals surface area (Å²) < 4.78 is 10.8. The molecule has 0 atom stereocenters. The van der Waals surface area contributed by atoms with E-state index in [0.717, 1.165) is 61.7 Å². The quantitative estimate of drug-likeness (QED) is 0.422. The summed E-state index contributed by atoms with van der Waals surface area (Å²) in [7, 11) is 3.35. The van der Waals surface area contributed by atoms with Crippen LogP contribution in [0.5, 0.6) is 11.5 Å². The van der Waals surface area contributed by atoms with Crippen LogP contribution in [0.1, 0.15) is 45.1 Å². The number of rotatable bonds is 9. The van der Waals surface area contributed by atoms with E-state index in [1.165, 1.54) is 0 Å². The largest absolute Gasteiger partial charge is 0.497 e. The summed E-state index contributed by atoms with van der Waals surface area (Å²) in [6, 6.07) is 5.80. The minimum Gasteiger partial charge on any atom is -0.497 e. The average Bonchev–Trinajstić information content (AvgIpc) is 2.53. The molecule has 0 aliphatic heterocycles. The number of halogens is 1. The monoisotopic (exact) mass is 328 g/mol. The molecule has 126 valence electrons. The van der Waals surface area contributed by atoms with Gasteiger partial charge in [0.2, 0.25) is 0 Å². The summed E-state index contributed by atoms with van der Waals surface area (Å²) >= 11 is 0. The molecule has 0 bridgehead atoms. The SMILES string of the molecule is CCCCN=C(NCCCC)c1cc(OC)ccc1OC.Cl. The van der Waals surface area contributed by atoms with Gasteiger partial charge < -0.3 is 14.8 Å². The van der Waals surface area contributed by atoms with Crippen molar-refractivity contribution in [3.8, 4) is 11.5 Å². The van der Waals surface area contributed by atoms with Crippen molar-refractivity contribution >= 4 is 18.2 Å². The zero-order chi connectivity index (χ0) is 15.5. The average molecular weight is 329 g/mol. The maximum atomic E-state index is 5.46.